The van der Waals surface area contributed by atoms with E-state index >= 15 is 0 Å². The van der Waals surface area contributed by atoms with Gasteiger partial charge in [0.05, 0.1) is 18.7 Å². The van der Waals surface area contributed by atoms with Crippen LogP contribution in [0.5, 0.6) is 0 Å². The standard InChI is InChI=1S/C19H29N3O2S/c23-19(22-7-1-5-17(22)18-6-3-13-25-18)15-21-10-8-20(9-11-21)14-16-4-2-12-24-16/h3,6,13,16-17H,1-2,4-5,7-12,14-15H2/t16-,17+/m1/s1. The summed E-state index contributed by atoms with van der Waals surface area (Å²) in [5.74, 6) is 0.309. The Morgan fingerprint density at radius 1 is 1.12 bits per heavy atom. The maximum Gasteiger partial charge on any atom is 0.237 e. The Hall–Kier alpha value is -0.950. The Kier molecular flexibility index (Phi) is 5.70. The largest absolute Gasteiger partial charge is 0.377 e. The minimum absolute atomic E-state index is 0.309. The molecule has 0 bridgehead atoms. The minimum atomic E-state index is 0.309. The first kappa shape index (κ1) is 17.5. The van der Waals surface area contributed by atoms with Crippen LogP contribution in [-0.4, -0.2) is 79.1 Å². The van der Waals surface area contributed by atoms with Crippen LogP contribution in [0, 0.1) is 0 Å². The highest BCUT2D eigenvalue weighted by atomic mass is 32.1. The third kappa shape index (κ3) is 4.25. The third-order valence-corrected chi connectivity index (χ3v) is 6.73. The molecule has 1 amide bonds. The topological polar surface area (TPSA) is 36.0 Å². The minimum Gasteiger partial charge on any atom is -0.377 e. The monoisotopic (exact) mass is 363 g/mol. The molecule has 1 aromatic rings. The molecule has 6 heteroatoms. The molecule has 0 aliphatic carbocycles. The zero-order chi connectivity index (χ0) is 17.1. The molecule has 25 heavy (non-hydrogen) atoms. The number of piperazine rings is 1. The Morgan fingerprint density at radius 2 is 1.96 bits per heavy atom. The van der Waals surface area contributed by atoms with E-state index in [-0.39, 0.29) is 0 Å². The predicted molar refractivity (Wildman–Crippen MR) is 99.9 cm³/mol. The molecular weight excluding hydrogens is 334 g/mol. The maximum atomic E-state index is 12.8. The molecule has 0 N–H and O–H groups in total. The molecule has 0 spiro atoms. The van der Waals surface area contributed by atoms with Crippen molar-refractivity contribution < 1.29 is 9.53 Å². The molecule has 0 saturated carbocycles. The normalized spacial score (nSPS) is 28.7. The highest BCUT2D eigenvalue weighted by Gasteiger charge is 2.32. The molecule has 0 unspecified atom stereocenters. The van der Waals surface area contributed by atoms with E-state index < -0.39 is 0 Å². The van der Waals surface area contributed by atoms with E-state index in [4.69, 9.17) is 4.74 Å². The van der Waals surface area contributed by atoms with E-state index in [0.29, 0.717) is 24.6 Å². The van der Waals surface area contributed by atoms with Crippen LogP contribution in [0.25, 0.3) is 0 Å². The van der Waals surface area contributed by atoms with Gasteiger partial charge in [0.25, 0.3) is 0 Å². The number of rotatable bonds is 5. The van der Waals surface area contributed by atoms with Gasteiger partial charge in [-0.1, -0.05) is 6.07 Å². The van der Waals surface area contributed by atoms with Gasteiger partial charge in [-0.3, -0.25) is 14.6 Å². The summed E-state index contributed by atoms with van der Waals surface area (Å²) in [5, 5.41) is 2.11. The number of hydrogen-bond acceptors (Lipinski definition) is 5. The van der Waals surface area contributed by atoms with E-state index in [2.05, 4.69) is 32.2 Å². The van der Waals surface area contributed by atoms with Crippen LogP contribution < -0.4 is 0 Å². The van der Waals surface area contributed by atoms with Crippen molar-refractivity contribution >= 4 is 17.2 Å². The number of hydrogen-bond donors (Lipinski definition) is 0. The van der Waals surface area contributed by atoms with Gasteiger partial charge < -0.3 is 9.64 Å². The second kappa shape index (κ2) is 8.16. The van der Waals surface area contributed by atoms with Crippen molar-refractivity contribution in [3.8, 4) is 0 Å². The second-order valence-corrected chi connectivity index (χ2v) is 8.45. The molecular formula is C19H29N3O2S. The number of nitrogens with zero attached hydrogens (tertiary/aromatic N) is 3. The lowest BCUT2D eigenvalue weighted by atomic mass is 10.2. The highest BCUT2D eigenvalue weighted by Crippen LogP contribution is 2.34. The number of thiophene rings is 1. The molecule has 3 fully saturated rings. The van der Waals surface area contributed by atoms with Gasteiger partial charge in [0.2, 0.25) is 5.91 Å². The number of likely N-dealkylation sites (tertiary alicyclic amines) is 1. The number of carbonyl (C=O) groups is 1. The summed E-state index contributed by atoms with van der Waals surface area (Å²) in [6.45, 7) is 7.60. The van der Waals surface area contributed by atoms with Gasteiger partial charge in [0.1, 0.15) is 0 Å². The van der Waals surface area contributed by atoms with Gasteiger partial charge in [-0.15, -0.1) is 11.3 Å². The number of carbonyl (C=O) groups excluding carboxylic acids is 1. The van der Waals surface area contributed by atoms with Crippen molar-refractivity contribution in [1.29, 1.82) is 0 Å². The lowest BCUT2D eigenvalue weighted by Gasteiger charge is -2.36. The Labute approximate surface area is 154 Å². The van der Waals surface area contributed by atoms with Crippen molar-refractivity contribution in [3.05, 3.63) is 22.4 Å². The van der Waals surface area contributed by atoms with Crippen molar-refractivity contribution in [2.24, 2.45) is 0 Å². The fourth-order valence-corrected chi connectivity index (χ4v) is 5.20. The average molecular weight is 364 g/mol. The quantitative estimate of drug-likeness (QED) is 0.804. The second-order valence-electron chi connectivity index (χ2n) is 7.47. The molecule has 4 rings (SSSR count). The average Bonchev–Trinajstić information content (AvgIpc) is 3.38. The molecule has 0 aromatic carbocycles. The third-order valence-electron chi connectivity index (χ3n) is 5.75. The maximum absolute atomic E-state index is 12.8. The van der Waals surface area contributed by atoms with Crippen molar-refractivity contribution in [3.63, 3.8) is 0 Å². The van der Waals surface area contributed by atoms with Gasteiger partial charge in [0.15, 0.2) is 0 Å². The SMILES string of the molecule is O=C(CN1CCN(C[C@H]2CCCO2)CC1)N1CCC[C@H]1c1cccs1. The van der Waals surface area contributed by atoms with E-state index in [9.17, 15) is 4.79 Å². The van der Waals surface area contributed by atoms with Crippen LogP contribution in [0.2, 0.25) is 0 Å². The van der Waals surface area contributed by atoms with Gasteiger partial charge in [-0.25, -0.2) is 0 Å². The van der Waals surface area contributed by atoms with Crippen LogP contribution >= 0.6 is 11.3 Å². The van der Waals surface area contributed by atoms with E-state index in [1.54, 1.807) is 11.3 Å². The van der Waals surface area contributed by atoms with Crippen LogP contribution in [0.15, 0.2) is 17.5 Å². The van der Waals surface area contributed by atoms with Crippen molar-refractivity contribution in [2.75, 3.05) is 52.4 Å². The first-order valence-corrected chi connectivity index (χ1v) is 10.6. The summed E-state index contributed by atoms with van der Waals surface area (Å²) in [6, 6.07) is 4.58. The Balaban J connectivity index is 1.24. The van der Waals surface area contributed by atoms with Gasteiger partial charge in [-0.2, -0.15) is 0 Å². The Bertz CT molecular complexity index is 551. The number of amides is 1. The Morgan fingerprint density at radius 3 is 2.68 bits per heavy atom. The van der Waals surface area contributed by atoms with Gasteiger partial charge in [-0.05, 0) is 37.1 Å². The first-order chi connectivity index (χ1) is 12.3. The lowest BCUT2D eigenvalue weighted by Crippen LogP contribution is -2.51. The van der Waals surface area contributed by atoms with Crippen LogP contribution in [0.3, 0.4) is 0 Å². The highest BCUT2D eigenvalue weighted by molar-refractivity contribution is 7.10. The molecule has 3 aliphatic rings. The molecule has 2 atom stereocenters. The smallest absolute Gasteiger partial charge is 0.237 e. The zero-order valence-electron chi connectivity index (χ0n) is 14.9. The summed E-state index contributed by atoms with van der Waals surface area (Å²) in [6.07, 6.45) is 5.09. The summed E-state index contributed by atoms with van der Waals surface area (Å²) in [5.41, 5.74) is 0. The van der Waals surface area contributed by atoms with E-state index in [1.165, 1.54) is 17.7 Å². The fourth-order valence-electron chi connectivity index (χ4n) is 4.33. The summed E-state index contributed by atoms with van der Waals surface area (Å²) in [4.78, 5) is 21.1. The van der Waals surface area contributed by atoms with Gasteiger partial charge >= 0.3 is 0 Å². The first-order valence-electron chi connectivity index (χ1n) is 9.69. The van der Waals surface area contributed by atoms with Crippen molar-refractivity contribution in [1.82, 2.24) is 14.7 Å². The van der Waals surface area contributed by atoms with Crippen molar-refractivity contribution in [2.45, 2.75) is 37.8 Å². The van der Waals surface area contributed by atoms with E-state index in [0.717, 1.165) is 58.7 Å². The summed E-state index contributed by atoms with van der Waals surface area (Å²) >= 11 is 1.78. The number of ether oxygens (including phenoxy) is 1. The lowest BCUT2D eigenvalue weighted by molar-refractivity contribution is -0.133. The molecule has 3 saturated heterocycles. The van der Waals surface area contributed by atoms with Crippen LogP contribution in [0.4, 0.5) is 0 Å². The van der Waals surface area contributed by atoms with Gasteiger partial charge in [0, 0.05) is 50.8 Å². The predicted octanol–water partition coefficient (Wildman–Crippen LogP) is 2.21. The summed E-state index contributed by atoms with van der Waals surface area (Å²) < 4.78 is 5.75. The molecule has 3 aliphatic heterocycles. The van der Waals surface area contributed by atoms with Crippen LogP contribution in [-0.2, 0) is 9.53 Å². The summed E-state index contributed by atoms with van der Waals surface area (Å²) in [7, 11) is 0. The zero-order valence-corrected chi connectivity index (χ0v) is 15.8. The molecule has 138 valence electrons. The fraction of sp³-hybridized carbons (Fsp3) is 0.737. The van der Waals surface area contributed by atoms with Crippen LogP contribution in [0.1, 0.15) is 36.6 Å². The molecule has 5 nitrogen and oxygen atoms in total. The molecule has 0 radical (unpaired) electrons. The molecule has 4 heterocycles. The van der Waals surface area contributed by atoms with E-state index in [1.807, 2.05) is 0 Å². The molecule has 1 aromatic heterocycles.